The van der Waals surface area contributed by atoms with Crippen LogP contribution >= 0.6 is 11.8 Å². The number of benzene rings is 1. The summed E-state index contributed by atoms with van der Waals surface area (Å²) in [6.45, 7) is 2.09. The number of thioether (sulfide) groups is 1. The predicted molar refractivity (Wildman–Crippen MR) is 90.4 cm³/mol. The predicted octanol–water partition coefficient (Wildman–Crippen LogP) is 2.05. The quantitative estimate of drug-likeness (QED) is 0.701. The lowest BCUT2D eigenvalue weighted by Gasteiger charge is -2.26. The van der Waals surface area contributed by atoms with Crippen molar-refractivity contribution in [2.45, 2.75) is 19.4 Å². The van der Waals surface area contributed by atoms with E-state index in [1.54, 1.807) is 43.1 Å². The molecule has 0 aromatic heterocycles. The molecule has 0 saturated carbocycles. The molecule has 7 heteroatoms. The van der Waals surface area contributed by atoms with E-state index in [1.807, 2.05) is 13.2 Å². The first-order valence-electron chi connectivity index (χ1n) is 6.84. The molecule has 0 aliphatic heterocycles. The summed E-state index contributed by atoms with van der Waals surface area (Å²) in [5, 5.41) is 0. The van der Waals surface area contributed by atoms with Crippen LogP contribution in [0.3, 0.4) is 0 Å². The van der Waals surface area contributed by atoms with E-state index < -0.39 is 10.0 Å². The molecule has 21 heavy (non-hydrogen) atoms. The number of ether oxygens (including phenoxy) is 1. The van der Waals surface area contributed by atoms with Crippen LogP contribution < -0.4 is 10.5 Å². The van der Waals surface area contributed by atoms with Crippen LogP contribution in [0.1, 0.15) is 13.3 Å². The molecule has 1 atom stereocenters. The molecular formula is C14H24N2O3S2. The van der Waals surface area contributed by atoms with Gasteiger partial charge in [0.05, 0.1) is 11.4 Å². The topological polar surface area (TPSA) is 72.6 Å². The zero-order valence-electron chi connectivity index (χ0n) is 12.8. The highest BCUT2D eigenvalue weighted by atomic mass is 32.2. The van der Waals surface area contributed by atoms with Crippen molar-refractivity contribution in [3.05, 3.63) is 24.3 Å². The monoisotopic (exact) mass is 332 g/mol. The first-order valence-corrected chi connectivity index (χ1v) is 9.84. The molecule has 0 aliphatic rings. The van der Waals surface area contributed by atoms with Gasteiger partial charge in [-0.25, -0.2) is 12.7 Å². The SMILES string of the molecule is CCC(CSC)N(C)S(=O)(=O)CCOc1ccccc1N. The van der Waals surface area contributed by atoms with Gasteiger partial charge in [-0.3, -0.25) is 0 Å². The second-order valence-electron chi connectivity index (χ2n) is 4.74. The van der Waals surface area contributed by atoms with Gasteiger partial charge in [0.1, 0.15) is 12.4 Å². The summed E-state index contributed by atoms with van der Waals surface area (Å²) >= 11 is 1.65. The van der Waals surface area contributed by atoms with Crippen molar-refractivity contribution >= 4 is 27.5 Å². The molecule has 0 fully saturated rings. The van der Waals surface area contributed by atoms with Crippen LogP contribution in [0.5, 0.6) is 5.75 Å². The number of nitrogens with zero attached hydrogens (tertiary/aromatic N) is 1. The van der Waals surface area contributed by atoms with Crippen molar-refractivity contribution in [1.29, 1.82) is 0 Å². The molecule has 0 bridgehead atoms. The van der Waals surface area contributed by atoms with E-state index in [1.165, 1.54) is 4.31 Å². The first kappa shape index (κ1) is 18.1. The third-order valence-corrected chi connectivity index (χ3v) is 5.88. The number of rotatable bonds is 9. The van der Waals surface area contributed by atoms with Crippen LogP contribution in [0.25, 0.3) is 0 Å². The molecule has 2 N–H and O–H groups in total. The van der Waals surface area contributed by atoms with Crippen LogP contribution in [0, 0.1) is 0 Å². The molecule has 120 valence electrons. The van der Waals surface area contributed by atoms with E-state index in [-0.39, 0.29) is 18.4 Å². The summed E-state index contributed by atoms with van der Waals surface area (Å²) in [6.07, 6.45) is 2.77. The van der Waals surface area contributed by atoms with E-state index in [2.05, 4.69) is 0 Å². The Bertz CT molecular complexity index is 535. The summed E-state index contributed by atoms with van der Waals surface area (Å²) in [6, 6.07) is 7.08. The lowest BCUT2D eigenvalue weighted by atomic mass is 10.3. The van der Waals surface area contributed by atoms with Crippen LogP contribution in [0.15, 0.2) is 24.3 Å². The summed E-state index contributed by atoms with van der Waals surface area (Å²) < 4.78 is 31.5. The van der Waals surface area contributed by atoms with E-state index in [9.17, 15) is 8.42 Å². The van der Waals surface area contributed by atoms with Gasteiger partial charge in [-0.15, -0.1) is 0 Å². The minimum absolute atomic E-state index is 0.0202. The number of para-hydroxylation sites is 2. The number of sulfonamides is 1. The molecule has 1 rings (SSSR count). The van der Waals surface area contributed by atoms with Crippen molar-refractivity contribution in [3.63, 3.8) is 0 Å². The first-order chi connectivity index (χ1) is 9.92. The van der Waals surface area contributed by atoms with Crippen LogP contribution in [0.4, 0.5) is 5.69 Å². The fourth-order valence-corrected chi connectivity index (χ4v) is 4.11. The zero-order valence-corrected chi connectivity index (χ0v) is 14.4. The zero-order chi connectivity index (χ0) is 15.9. The van der Waals surface area contributed by atoms with Crippen LogP contribution in [-0.2, 0) is 10.0 Å². The third kappa shape index (κ3) is 5.41. The highest BCUT2D eigenvalue weighted by Gasteiger charge is 2.24. The van der Waals surface area contributed by atoms with Gasteiger partial charge in [0.25, 0.3) is 0 Å². The van der Waals surface area contributed by atoms with E-state index in [4.69, 9.17) is 10.5 Å². The van der Waals surface area contributed by atoms with Crippen molar-refractivity contribution in [2.75, 3.05) is 37.1 Å². The number of hydrogen-bond acceptors (Lipinski definition) is 5. The van der Waals surface area contributed by atoms with Gasteiger partial charge in [-0.05, 0) is 24.8 Å². The van der Waals surface area contributed by atoms with Crippen molar-refractivity contribution in [1.82, 2.24) is 4.31 Å². The Morgan fingerprint density at radius 2 is 2.05 bits per heavy atom. The Hall–Kier alpha value is -0.920. The van der Waals surface area contributed by atoms with Gasteiger partial charge in [0.15, 0.2) is 0 Å². The van der Waals surface area contributed by atoms with E-state index in [0.29, 0.717) is 11.4 Å². The standard InChI is InChI=1S/C14H24N2O3S2/c1-4-12(11-20-3)16(2)21(17,18)10-9-19-14-8-6-5-7-13(14)15/h5-8,12H,4,9-11,15H2,1-3H3. The molecule has 0 amide bonds. The number of nitrogens with two attached hydrogens (primary N) is 1. The smallest absolute Gasteiger partial charge is 0.217 e. The second kappa shape index (κ2) is 8.51. The fourth-order valence-electron chi connectivity index (χ4n) is 1.91. The molecule has 0 radical (unpaired) electrons. The second-order valence-corrected chi connectivity index (χ2v) is 7.79. The highest BCUT2D eigenvalue weighted by Crippen LogP contribution is 2.20. The Labute approximate surface area is 131 Å². The van der Waals surface area contributed by atoms with Gasteiger partial charge in [-0.1, -0.05) is 19.1 Å². The highest BCUT2D eigenvalue weighted by molar-refractivity contribution is 7.98. The van der Waals surface area contributed by atoms with Gasteiger partial charge >= 0.3 is 0 Å². The van der Waals surface area contributed by atoms with E-state index in [0.717, 1.165) is 12.2 Å². The van der Waals surface area contributed by atoms with Crippen molar-refractivity contribution < 1.29 is 13.2 Å². The minimum Gasteiger partial charge on any atom is -0.490 e. The summed E-state index contributed by atoms with van der Waals surface area (Å²) in [7, 11) is -1.69. The maximum Gasteiger partial charge on any atom is 0.217 e. The summed E-state index contributed by atoms with van der Waals surface area (Å²) in [5.41, 5.74) is 6.26. The molecule has 1 aromatic carbocycles. The number of anilines is 1. The summed E-state index contributed by atoms with van der Waals surface area (Å²) in [4.78, 5) is 0. The maximum atomic E-state index is 12.3. The van der Waals surface area contributed by atoms with Gasteiger partial charge < -0.3 is 10.5 Å². The number of nitrogen functional groups attached to an aromatic ring is 1. The molecule has 0 heterocycles. The Morgan fingerprint density at radius 1 is 1.38 bits per heavy atom. The molecule has 0 saturated heterocycles. The fraction of sp³-hybridized carbons (Fsp3) is 0.571. The summed E-state index contributed by atoms with van der Waals surface area (Å²) in [5.74, 6) is 1.26. The van der Waals surface area contributed by atoms with Gasteiger partial charge in [-0.2, -0.15) is 11.8 Å². The Balaban J connectivity index is 2.58. The average Bonchev–Trinajstić information content (AvgIpc) is 2.46. The normalized spacial score (nSPS) is 13.3. The molecule has 0 aliphatic carbocycles. The average molecular weight is 332 g/mol. The minimum atomic E-state index is -3.32. The van der Waals surface area contributed by atoms with Crippen LogP contribution in [0.2, 0.25) is 0 Å². The number of hydrogen-bond donors (Lipinski definition) is 1. The maximum absolute atomic E-state index is 12.3. The largest absolute Gasteiger partial charge is 0.490 e. The van der Waals surface area contributed by atoms with Gasteiger partial charge in [0, 0.05) is 18.8 Å². The molecule has 5 nitrogen and oxygen atoms in total. The molecular weight excluding hydrogens is 308 g/mol. The van der Waals surface area contributed by atoms with Gasteiger partial charge in [0.2, 0.25) is 10.0 Å². The van der Waals surface area contributed by atoms with Crippen LogP contribution in [-0.4, -0.2) is 50.2 Å². The Kier molecular flexibility index (Phi) is 7.34. The van der Waals surface area contributed by atoms with Crippen molar-refractivity contribution in [2.24, 2.45) is 0 Å². The molecule has 1 aromatic rings. The molecule has 1 unspecified atom stereocenters. The lowest BCUT2D eigenvalue weighted by Crippen LogP contribution is -2.40. The Morgan fingerprint density at radius 3 is 2.62 bits per heavy atom. The lowest BCUT2D eigenvalue weighted by molar-refractivity contribution is 0.332. The third-order valence-electron chi connectivity index (χ3n) is 3.30. The van der Waals surface area contributed by atoms with E-state index >= 15 is 0 Å². The molecule has 0 spiro atoms. The van der Waals surface area contributed by atoms with Crippen molar-refractivity contribution in [3.8, 4) is 5.75 Å².